The third-order valence-corrected chi connectivity index (χ3v) is 3.54. The van der Waals surface area contributed by atoms with Gasteiger partial charge in [0.05, 0.1) is 6.61 Å². The first-order valence-corrected chi connectivity index (χ1v) is 7.89. The molecule has 25 heavy (non-hydrogen) atoms. The van der Waals surface area contributed by atoms with Crippen LogP contribution in [0.25, 0.3) is 5.82 Å². The highest BCUT2D eigenvalue weighted by Gasteiger charge is 2.25. The topological polar surface area (TPSA) is 73.6 Å². The summed E-state index contributed by atoms with van der Waals surface area (Å²) in [7, 11) is 0. The molecule has 0 saturated carbocycles. The zero-order chi connectivity index (χ0) is 17.6. The van der Waals surface area contributed by atoms with E-state index in [2.05, 4.69) is 4.98 Å². The first-order valence-electron chi connectivity index (χ1n) is 7.89. The highest BCUT2D eigenvalue weighted by molar-refractivity contribution is 5.77. The molecule has 1 aromatic carbocycles. The van der Waals surface area contributed by atoms with Crippen molar-refractivity contribution in [3.63, 3.8) is 0 Å². The Bertz CT molecular complexity index is 829. The third kappa shape index (κ3) is 3.80. The molecule has 2 aromatic heterocycles. The molecule has 0 bridgehead atoms. The van der Waals surface area contributed by atoms with Crippen molar-refractivity contribution in [2.75, 3.05) is 6.61 Å². The van der Waals surface area contributed by atoms with E-state index in [4.69, 9.17) is 9.47 Å². The molecule has 0 spiro atoms. The number of ether oxygens (including phenoxy) is 2. The van der Waals surface area contributed by atoms with Crippen LogP contribution in [0.5, 0.6) is 11.5 Å². The number of nitrogens with zero attached hydrogens (tertiary/aromatic N) is 2. The molecule has 0 aliphatic heterocycles. The van der Waals surface area contributed by atoms with Crippen LogP contribution in [-0.2, 0) is 9.53 Å². The molecule has 0 aliphatic rings. The van der Waals surface area contributed by atoms with Gasteiger partial charge in [-0.15, -0.1) is 0 Å². The van der Waals surface area contributed by atoms with Crippen LogP contribution in [0, 0.1) is 0 Å². The minimum atomic E-state index is -0.959. The maximum atomic E-state index is 12.4. The molecule has 0 amide bonds. The van der Waals surface area contributed by atoms with Gasteiger partial charge in [-0.25, -0.2) is 9.78 Å². The zero-order valence-corrected chi connectivity index (χ0v) is 13.7. The Labute approximate surface area is 145 Å². The fourth-order valence-electron chi connectivity index (χ4n) is 2.39. The molecule has 128 valence electrons. The summed E-state index contributed by atoms with van der Waals surface area (Å²) in [4.78, 5) is 16.7. The molecule has 0 aliphatic carbocycles. The van der Waals surface area contributed by atoms with Crippen LogP contribution in [0.15, 0.2) is 67.1 Å². The lowest BCUT2D eigenvalue weighted by Crippen LogP contribution is -2.22. The van der Waals surface area contributed by atoms with Crippen molar-refractivity contribution in [3.05, 3.63) is 72.7 Å². The van der Waals surface area contributed by atoms with Gasteiger partial charge in [-0.1, -0.05) is 12.1 Å². The van der Waals surface area contributed by atoms with E-state index in [1.165, 1.54) is 12.1 Å². The van der Waals surface area contributed by atoms with Crippen molar-refractivity contribution in [3.8, 4) is 17.3 Å². The van der Waals surface area contributed by atoms with Crippen LogP contribution >= 0.6 is 0 Å². The second kappa shape index (κ2) is 7.53. The van der Waals surface area contributed by atoms with Crippen LogP contribution in [-0.4, -0.2) is 27.2 Å². The predicted octanol–water partition coefficient (Wildman–Crippen LogP) is 3.26. The molecule has 0 radical (unpaired) electrons. The van der Waals surface area contributed by atoms with Gasteiger partial charge in [-0.3, -0.25) is 0 Å². The highest BCUT2D eigenvalue weighted by Crippen LogP contribution is 2.28. The average Bonchev–Trinajstić information content (AvgIpc) is 3.15. The molecular formula is C19H18N2O4. The van der Waals surface area contributed by atoms with Gasteiger partial charge >= 0.3 is 5.97 Å². The van der Waals surface area contributed by atoms with Crippen LogP contribution in [0.1, 0.15) is 18.6 Å². The number of hydrogen-bond donors (Lipinski definition) is 1. The normalized spacial score (nSPS) is 11.7. The third-order valence-electron chi connectivity index (χ3n) is 3.54. The van der Waals surface area contributed by atoms with Crippen molar-refractivity contribution in [2.45, 2.75) is 13.0 Å². The first kappa shape index (κ1) is 16.6. The predicted molar refractivity (Wildman–Crippen MR) is 91.7 cm³/mol. The van der Waals surface area contributed by atoms with Gasteiger partial charge in [0.15, 0.2) is 11.6 Å². The minimum Gasteiger partial charge on any atom is -0.508 e. The lowest BCUT2D eigenvalue weighted by molar-refractivity contribution is -0.151. The van der Waals surface area contributed by atoms with Crippen LogP contribution in [0.4, 0.5) is 0 Å². The summed E-state index contributed by atoms with van der Waals surface area (Å²) in [5.74, 6) is 0.627. The molecule has 2 heterocycles. The van der Waals surface area contributed by atoms with Crippen molar-refractivity contribution in [1.82, 2.24) is 9.55 Å². The average molecular weight is 338 g/mol. The number of carbonyl (C=O) groups is 1. The number of carbonyl (C=O) groups excluding carboxylic acids is 1. The maximum absolute atomic E-state index is 12.4. The highest BCUT2D eigenvalue weighted by atomic mass is 16.6. The number of esters is 1. The molecule has 0 saturated heterocycles. The van der Waals surface area contributed by atoms with E-state index in [1.54, 1.807) is 42.0 Å². The van der Waals surface area contributed by atoms with Gasteiger partial charge in [-0.2, -0.15) is 0 Å². The minimum absolute atomic E-state index is 0.112. The van der Waals surface area contributed by atoms with E-state index in [9.17, 15) is 9.90 Å². The molecule has 1 atom stereocenters. The van der Waals surface area contributed by atoms with Crippen LogP contribution in [0.2, 0.25) is 0 Å². The van der Waals surface area contributed by atoms with E-state index in [1.807, 2.05) is 24.5 Å². The number of phenols is 1. The number of rotatable bonds is 6. The van der Waals surface area contributed by atoms with E-state index in [0.29, 0.717) is 17.1 Å². The number of aromatic hydroxyl groups is 1. The Morgan fingerprint density at radius 2 is 1.88 bits per heavy atom. The van der Waals surface area contributed by atoms with Crippen molar-refractivity contribution in [2.24, 2.45) is 0 Å². The fraction of sp³-hybridized carbons (Fsp3) is 0.158. The quantitative estimate of drug-likeness (QED) is 0.698. The molecule has 0 fully saturated rings. The Kier molecular flexibility index (Phi) is 4.99. The second-order valence-electron chi connectivity index (χ2n) is 5.26. The molecular weight excluding hydrogens is 320 g/mol. The standard InChI is InChI=1S/C19H18N2O4/c1-2-24-19(23)17(14-7-9-15(22)10-8-14)25-16-6-5-11-20-18(16)21-12-3-4-13-21/h3-13,17,22H,2H2,1H3. The number of aromatic nitrogens is 2. The van der Waals surface area contributed by atoms with Gasteiger partial charge in [0, 0.05) is 24.2 Å². The molecule has 3 rings (SSSR count). The zero-order valence-electron chi connectivity index (χ0n) is 13.7. The summed E-state index contributed by atoms with van der Waals surface area (Å²) >= 11 is 0. The summed E-state index contributed by atoms with van der Waals surface area (Å²) in [6, 6.07) is 13.5. The van der Waals surface area contributed by atoms with Gasteiger partial charge in [0.25, 0.3) is 0 Å². The molecule has 1 N–H and O–H groups in total. The summed E-state index contributed by atoms with van der Waals surface area (Å²) in [6.45, 7) is 1.98. The van der Waals surface area contributed by atoms with E-state index in [-0.39, 0.29) is 12.4 Å². The Balaban J connectivity index is 1.96. The van der Waals surface area contributed by atoms with Crippen molar-refractivity contribution < 1.29 is 19.4 Å². The lowest BCUT2D eigenvalue weighted by Gasteiger charge is -2.19. The monoisotopic (exact) mass is 338 g/mol. The smallest absolute Gasteiger partial charge is 0.352 e. The molecule has 6 nitrogen and oxygen atoms in total. The Morgan fingerprint density at radius 1 is 1.16 bits per heavy atom. The van der Waals surface area contributed by atoms with Gasteiger partial charge in [0.1, 0.15) is 5.75 Å². The summed E-state index contributed by atoms with van der Waals surface area (Å²) < 4.78 is 12.9. The number of hydrogen-bond acceptors (Lipinski definition) is 5. The largest absolute Gasteiger partial charge is 0.508 e. The molecule has 3 aromatic rings. The maximum Gasteiger partial charge on any atom is 0.352 e. The Morgan fingerprint density at radius 3 is 2.56 bits per heavy atom. The van der Waals surface area contributed by atoms with E-state index in [0.717, 1.165) is 0 Å². The second-order valence-corrected chi connectivity index (χ2v) is 5.26. The van der Waals surface area contributed by atoms with Crippen molar-refractivity contribution in [1.29, 1.82) is 0 Å². The number of phenolic OH excluding ortho intramolecular Hbond substituents is 1. The van der Waals surface area contributed by atoms with Crippen LogP contribution in [0.3, 0.4) is 0 Å². The Hall–Kier alpha value is -3.28. The van der Waals surface area contributed by atoms with Gasteiger partial charge < -0.3 is 19.1 Å². The lowest BCUT2D eigenvalue weighted by atomic mass is 10.1. The number of pyridine rings is 1. The SMILES string of the molecule is CCOC(=O)C(Oc1cccnc1-n1cccc1)c1ccc(O)cc1. The van der Waals surface area contributed by atoms with E-state index < -0.39 is 12.1 Å². The molecule has 1 unspecified atom stereocenters. The fourth-order valence-corrected chi connectivity index (χ4v) is 2.39. The van der Waals surface area contributed by atoms with Crippen LogP contribution < -0.4 is 4.74 Å². The van der Waals surface area contributed by atoms with Gasteiger partial charge in [0.2, 0.25) is 6.10 Å². The van der Waals surface area contributed by atoms with Crippen molar-refractivity contribution >= 4 is 5.97 Å². The first-order chi connectivity index (χ1) is 12.2. The summed E-state index contributed by atoms with van der Waals surface area (Å²) in [5, 5.41) is 9.47. The summed E-state index contributed by atoms with van der Waals surface area (Å²) in [5.41, 5.74) is 0.582. The van der Waals surface area contributed by atoms with Gasteiger partial charge in [-0.05, 0) is 43.3 Å². The summed E-state index contributed by atoms with van der Waals surface area (Å²) in [6.07, 6.45) is 4.38. The molecule has 6 heteroatoms. The number of benzene rings is 1. The van der Waals surface area contributed by atoms with E-state index >= 15 is 0 Å².